The van der Waals surface area contributed by atoms with Gasteiger partial charge in [-0.3, -0.25) is 4.79 Å². The highest BCUT2D eigenvalue weighted by Gasteiger charge is 2.26. The van der Waals surface area contributed by atoms with Crippen LogP contribution in [-0.2, 0) is 4.74 Å². The number of hydrogen-bond donors (Lipinski definition) is 2. The molecule has 3 amide bonds. The first-order valence-corrected chi connectivity index (χ1v) is 8.50. The van der Waals surface area contributed by atoms with Crippen molar-refractivity contribution in [1.29, 1.82) is 0 Å². The summed E-state index contributed by atoms with van der Waals surface area (Å²) in [6.45, 7) is 6.52. The van der Waals surface area contributed by atoms with Gasteiger partial charge in [0.1, 0.15) is 11.4 Å². The van der Waals surface area contributed by atoms with E-state index in [4.69, 9.17) is 15.2 Å². The molecular weight excluding hydrogens is 338 g/mol. The number of hydrogen-bond acceptors (Lipinski definition) is 5. The second-order valence-corrected chi connectivity index (χ2v) is 7.16. The highest BCUT2D eigenvalue weighted by atomic mass is 16.6. The number of nitrogens with zero attached hydrogens (tertiary/aromatic N) is 1. The lowest BCUT2D eigenvalue weighted by atomic mass is 10.0. The van der Waals surface area contributed by atoms with Crippen molar-refractivity contribution in [3.63, 3.8) is 0 Å². The highest BCUT2D eigenvalue weighted by Crippen LogP contribution is 2.17. The molecule has 0 aliphatic carbocycles. The van der Waals surface area contributed by atoms with E-state index in [9.17, 15) is 14.4 Å². The third-order valence-electron chi connectivity index (χ3n) is 3.82. The van der Waals surface area contributed by atoms with Crippen LogP contribution in [0, 0.1) is 0 Å². The Morgan fingerprint density at radius 2 is 1.69 bits per heavy atom. The first-order chi connectivity index (χ1) is 12.1. The van der Waals surface area contributed by atoms with Crippen molar-refractivity contribution in [2.24, 2.45) is 5.73 Å². The molecular formula is C18H25N3O5. The van der Waals surface area contributed by atoms with Crippen molar-refractivity contribution in [3.05, 3.63) is 29.8 Å². The van der Waals surface area contributed by atoms with E-state index in [1.807, 2.05) is 20.8 Å². The number of nitrogens with two attached hydrogens (primary N) is 1. The van der Waals surface area contributed by atoms with E-state index in [0.717, 1.165) is 0 Å². The predicted molar refractivity (Wildman–Crippen MR) is 94.9 cm³/mol. The number of likely N-dealkylation sites (tertiary alicyclic amines) is 1. The van der Waals surface area contributed by atoms with Gasteiger partial charge < -0.3 is 25.4 Å². The minimum atomic E-state index is -0.899. The van der Waals surface area contributed by atoms with Gasteiger partial charge in [-0.1, -0.05) is 0 Å². The molecule has 1 aromatic rings. The summed E-state index contributed by atoms with van der Waals surface area (Å²) < 4.78 is 9.99. The molecule has 1 aliphatic rings. The van der Waals surface area contributed by atoms with E-state index in [0.29, 0.717) is 31.5 Å². The van der Waals surface area contributed by atoms with Gasteiger partial charge in [0, 0.05) is 24.7 Å². The van der Waals surface area contributed by atoms with Crippen LogP contribution < -0.4 is 15.8 Å². The maximum Gasteiger partial charge on any atom is 0.409 e. The number of alkyl carbamates (subject to hydrolysis) is 1. The standard InChI is InChI=1S/C18H25N3O5/c1-18(2,3)26-17(24)20-13-8-10-21(11-9-13)15(22)12-4-6-14(7-5-12)25-16(19)23/h4-7,13H,8-11H2,1-3H3,(H2,19,23)(H,20,24). The number of piperidine rings is 1. The van der Waals surface area contributed by atoms with Gasteiger partial charge in [-0.05, 0) is 57.9 Å². The molecule has 8 nitrogen and oxygen atoms in total. The summed E-state index contributed by atoms with van der Waals surface area (Å²) in [5.74, 6) is 0.181. The molecule has 142 valence electrons. The van der Waals surface area contributed by atoms with Crippen LogP contribution in [0.5, 0.6) is 5.75 Å². The number of primary amides is 1. The van der Waals surface area contributed by atoms with Crippen LogP contribution in [0.4, 0.5) is 9.59 Å². The molecule has 1 aliphatic heterocycles. The molecule has 0 radical (unpaired) electrons. The fraction of sp³-hybridized carbons (Fsp3) is 0.500. The van der Waals surface area contributed by atoms with Gasteiger partial charge in [-0.25, -0.2) is 9.59 Å². The Morgan fingerprint density at radius 3 is 2.19 bits per heavy atom. The smallest absolute Gasteiger partial charge is 0.409 e. The van der Waals surface area contributed by atoms with Crippen LogP contribution >= 0.6 is 0 Å². The molecule has 0 aromatic heterocycles. The second-order valence-electron chi connectivity index (χ2n) is 7.16. The average Bonchev–Trinajstić information content (AvgIpc) is 2.53. The van der Waals surface area contributed by atoms with E-state index in [-0.39, 0.29) is 17.7 Å². The first kappa shape index (κ1) is 19.6. The van der Waals surface area contributed by atoms with Crippen molar-refractivity contribution < 1.29 is 23.9 Å². The Hall–Kier alpha value is -2.77. The zero-order valence-corrected chi connectivity index (χ0v) is 15.3. The van der Waals surface area contributed by atoms with Crippen molar-refractivity contribution in [2.75, 3.05) is 13.1 Å². The number of ether oxygens (including phenoxy) is 2. The summed E-state index contributed by atoms with van der Waals surface area (Å²) in [6, 6.07) is 6.21. The van der Waals surface area contributed by atoms with Gasteiger partial charge in [0.15, 0.2) is 0 Å². The molecule has 2 rings (SSSR count). The van der Waals surface area contributed by atoms with Crippen LogP contribution in [0.15, 0.2) is 24.3 Å². The molecule has 0 spiro atoms. The fourth-order valence-corrected chi connectivity index (χ4v) is 2.67. The van der Waals surface area contributed by atoms with Crippen molar-refractivity contribution in [1.82, 2.24) is 10.2 Å². The first-order valence-electron chi connectivity index (χ1n) is 8.50. The monoisotopic (exact) mass is 363 g/mol. The fourth-order valence-electron chi connectivity index (χ4n) is 2.67. The van der Waals surface area contributed by atoms with Crippen LogP contribution in [-0.4, -0.2) is 47.7 Å². The molecule has 1 heterocycles. The number of benzene rings is 1. The molecule has 26 heavy (non-hydrogen) atoms. The van der Waals surface area contributed by atoms with Crippen LogP contribution in [0.25, 0.3) is 0 Å². The summed E-state index contributed by atoms with van der Waals surface area (Å²) in [5, 5.41) is 2.84. The number of carbonyl (C=O) groups excluding carboxylic acids is 3. The van der Waals surface area contributed by atoms with Crippen molar-refractivity contribution in [2.45, 2.75) is 45.3 Å². The minimum Gasteiger partial charge on any atom is -0.444 e. The summed E-state index contributed by atoms with van der Waals surface area (Å²) in [4.78, 5) is 36.8. The Balaban J connectivity index is 1.84. The quantitative estimate of drug-likeness (QED) is 0.856. The number of nitrogens with one attached hydrogen (secondary N) is 1. The summed E-state index contributed by atoms with van der Waals surface area (Å²) in [5.41, 5.74) is 4.91. The molecule has 1 saturated heterocycles. The molecule has 0 saturated carbocycles. The summed E-state index contributed by atoms with van der Waals surface area (Å²) in [6.07, 6.45) is -0.0159. The lowest BCUT2D eigenvalue weighted by Crippen LogP contribution is -2.47. The molecule has 1 fully saturated rings. The Morgan fingerprint density at radius 1 is 1.12 bits per heavy atom. The lowest BCUT2D eigenvalue weighted by molar-refractivity contribution is 0.0473. The summed E-state index contributed by atoms with van der Waals surface area (Å²) >= 11 is 0. The van der Waals surface area contributed by atoms with Gasteiger partial charge in [0.25, 0.3) is 5.91 Å². The zero-order valence-electron chi connectivity index (χ0n) is 15.3. The summed E-state index contributed by atoms with van der Waals surface area (Å²) in [7, 11) is 0. The van der Waals surface area contributed by atoms with E-state index >= 15 is 0 Å². The Kier molecular flexibility index (Phi) is 6.07. The zero-order chi connectivity index (χ0) is 19.3. The van der Waals surface area contributed by atoms with E-state index in [2.05, 4.69) is 5.32 Å². The average molecular weight is 363 g/mol. The van der Waals surface area contributed by atoms with Crippen LogP contribution in [0.1, 0.15) is 44.0 Å². The Bertz CT molecular complexity index is 658. The van der Waals surface area contributed by atoms with E-state index < -0.39 is 17.8 Å². The van der Waals surface area contributed by atoms with Gasteiger partial charge in [0.05, 0.1) is 0 Å². The predicted octanol–water partition coefficient (Wildman–Crippen LogP) is 2.27. The van der Waals surface area contributed by atoms with Crippen molar-refractivity contribution in [3.8, 4) is 5.75 Å². The van der Waals surface area contributed by atoms with Gasteiger partial charge in [-0.15, -0.1) is 0 Å². The van der Waals surface area contributed by atoms with E-state index in [1.54, 1.807) is 17.0 Å². The maximum atomic E-state index is 12.5. The van der Waals surface area contributed by atoms with Gasteiger partial charge in [0.2, 0.25) is 0 Å². The molecule has 8 heteroatoms. The topological polar surface area (TPSA) is 111 Å². The maximum absolute atomic E-state index is 12.5. The van der Waals surface area contributed by atoms with Crippen LogP contribution in [0.2, 0.25) is 0 Å². The lowest BCUT2D eigenvalue weighted by Gasteiger charge is -2.33. The molecule has 0 atom stereocenters. The van der Waals surface area contributed by atoms with Crippen LogP contribution in [0.3, 0.4) is 0 Å². The third kappa shape index (κ3) is 5.94. The van der Waals surface area contributed by atoms with Gasteiger partial charge in [-0.2, -0.15) is 0 Å². The SMILES string of the molecule is CC(C)(C)OC(=O)NC1CCN(C(=O)c2ccc(OC(N)=O)cc2)CC1. The molecule has 1 aromatic carbocycles. The second kappa shape index (κ2) is 8.07. The highest BCUT2D eigenvalue weighted by molar-refractivity contribution is 5.94. The number of amides is 3. The van der Waals surface area contributed by atoms with Gasteiger partial charge >= 0.3 is 12.2 Å². The number of carbonyl (C=O) groups is 3. The largest absolute Gasteiger partial charge is 0.444 e. The Labute approximate surface area is 152 Å². The number of rotatable bonds is 3. The molecule has 0 bridgehead atoms. The van der Waals surface area contributed by atoms with E-state index in [1.165, 1.54) is 12.1 Å². The normalized spacial score (nSPS) is 15.3. The third-order valence-corrected chi connectivity index (χ3v) is 3.82. The molecule has 0 unspecified atom stereocenters. The molecule has 3 N–H and O–H groups in total. The minimum absolute atomic E-state index is 0.0137. The van der Waals surface area contributed by atoms with Crippen molar-refractivity contribution >= 4 is 18.1 Å².